The molecule has 1 nitrogen and oxygen atoms in total. The van der Waals surface area contributed by atoms with Gasteiger partial charge in [-0.2, -0.15) is 0 Å². The van der Waals surface area contributed by atoms with Crippen LogP contribution in [0.15, 0.2) is 30.3 Å². The highest BCUT2D eigenvalue weighted by molar-refractivity contribution is 5.21. The average molecular weight is 239 g/mol. The molecule has 1 aromatic rings. The molecule has 17 heavy (non-hydrogen) atoms. The number of benzene rings is 1. The second-order valence-corrected chi connectivity index (χ2v) is 4.71. The predicted molar refractivity (Wildman–Crippen MR) is 65.4 cm³/mol. The summed E-state index contributed by atoms with van der Waals surface area (Å²) in [7, 11) is 0. The van der Waals surface area contributed by atoms with Gasteiger partial charge in [-0.05, 0) is 24.3 Å². The molecule has 0 heterocycles. The fraction of sp³-hybridized carbons (Fsp3) is 0.571. The van der Waals surface area contributed by atoms with Crippen molar-refractivity contribution in [2.45, 2.75) is 44.1 Å². The van der Waals surface area contributed by atoms with Crippen LogP contribution >= 0.6 is 0 Å². The molecule has 0 saturated heterocycles. The summed E-state index contributed by atoms with van der Waals surface area (Å²) in [4.78, 5) is 0. The Morgan fingerprint density at radius 3 is 2.53 bits per heavy atom. The number of hydrogen-bond acceptors (Lipinski definition) is 1. The van der Waals surface area contributed by atoms with Crippen LogP contribution in [-0.4, -0.2) is 19.0 Å². The van der Waals surface area contributed by atoms with Crippen LogP contribution in [-0.2, 0) is 0 Å². The van der Waals surface area contributed by atoms with E-state index in [0.29, 0.717) is 5.92 Å². The van der Waals surface area contributed by atoms with Crippen molar-refractivity contribution in [1.29, 1.82) is 0 Å². The van der Waals surface area contributed by atoms with Crippen LogP contribution in [0, 0.1) is 0 Å². The molecule has 94 valence electrons. The summed E-state index contributed by atoms with van der Waals surface area (Å²) in [5.41, 5.74) is 1.28. The minimum absolute atomic E-state index is 0.187. The van der Waals surface area contributed by atoms with Crippen LogP contribution < -0.4 is 5.32 Å². The van der Waals surface area contributed by atoms with Crippen LogP contribution in [0.1, 0.15) is 37.2 Å². The molecule has 2 atom stereocenters. The van der Waals surface area contributed by atoms with Crippen LogP contribution in [0.3, 0.4) is 0 Å². The van der Waals surface area contributed by atoms with Crippen molar-refractivity contribution >= 4 is 0 Å². The van der Waals surface area contributed by atoms with E-state index in [1.165, 1.54) is 12.0 Å². The third-order valence-electron chi connectivity index (χ3n) is 3.53. The maximum absolute atomic E-state index is 12.3. The molecule has 0 bridgehead atoms. The van der Waals surface area contributed by atoms with E-state index in [0.717, 1.165) is 19.3 Å². The highest BCUT2D eigenvalue weighted by atomic mass is 19.3. The third-order valence-corrected chi connectivity index (χ3v) is 3.53. The monoisotopic (exact) mass is 239 g/mol. The van der Waals surface area contributed by atoms with Gasteiger partial charge in [0.15, 0.2) is 0 Å². The van der Waals surface area contributed by atoms with Gasteiger partial charge in [0, 0.05) is 6.04 Å². The Kier molecular flexibility index (Phi) is 4.49. The molecular weight excluding hydrogens is 220 g/mol. The summed E-state index contributed by atoms with van der Waals surface area (Å²) >= 11 is 0. The highest BCUT2D eigenvalue weighted by Gasteiger charge is 2.26. The number of rotatable bonds is 4. The molecule has 3 heteroatoms. The largest absolute Gasteiger partial charge is 0.308 e. The first-order valence-electron chi connectivity index (χ1n) is 6.34. The molecule has 1 saturated carbocycles. The van der Waals surface area contributed by atoms with Crippen molar-refractivity contribution in [1.82, 2.24) is 5.32 Å². The quantitative estimate of drug-likeness (QED) is 0.847. The third kappa shape index (κ3) is 3.50. The number of hydrogen-bond donors (Lipinski definition) is 1. The lowest BCUT2D eigenvalue weighted by atomic mass is 9.80. The summed E-state index contributed by atoms with van der Waals surface area (Å²) in [6.45, 7) is -0.187. The summed E-state index contributed by atoms with van der Waals surface area (Å²) in [6, 6.07) is 10.5. The molecule has 0 amide bonds. The molecule has 0 radical (unpaired) electrons. The van der Waals surface area contributed by atoms with E-state index in [-0.39, 0.29) is 12.6 Å². The first-order valence-corrected chi connectivity index (χ1v) is 6.34. The van der Waals surface area contributed by atoms with Crippen LogP contribution in [0.4, 0.5) is 8.78 Å². The Labute approximate surface area is 101 Å². The topological polar surface area (TPSA) is 12.0 Å². The van der Waals surface area contributed by atoms with E-state index in [9.17, 15) is 8.78 Å². The van der Waals surface area contributed by atoms with Gasteiger partial charge in [0.2, 0.25) is 0 Å². The van der Waals surface area contributed by atoms with Gasteiger partial charge in [-0.15, -0.1) is 0 Å². The van der Waals surface area contributed by atoms with Gasteiger partial charge >= 0.3 is 0 Å². The zero-order chi connectivity index (χ0) is 12.1. The van der Waals surface area contributed by atoms with E-state index < -0.39 is 6.43 Å². The first kappa shape index (κ1) is 12.5. The lowest BCUT2D eigenvalue weighted by molar-refractivity contribution is 0.135. The van der Waals surface area contributed by atoms with Crippen molar-refractivity contribution in [2.75, 3.05) is 6.54 Å². The van der Waals surface area contributed by atoms with Crippen molar-refractivity contribution in [3.05, 3.63) is 35.9 Å². The van der Waals surface area contributed by atoms with Crippen molar-refractivity contribution < 1.29 is 8.78 Å². The van der Waals surface area contributed by atoms with E-state index in [1.54, 1.807) is 0 Å². The Morgan fingerprint density at radius 1 is 1.12 bits per heavy atom. The molecule has 1 aliphatic rings. The van der Waals surface area contributed by atoms with Crippen molar-refractivity contribution in [3.63, 3.8) is 0 Å². The number of nitrogens with one attached hydrogen (secondary N) is 1. The normalized spacial score (nSPS) is 25.1. The molecule has 0 aromatic heterocycles. The first-order chi connectivity index (χ1) is 8.27. The predicted octanol–water partition coefficient (Wildman–Crippen LogP) is 3.57. The lowest BCUT2D eigenvalue weighted by Gasteiger charge is -2.32. The summed E-state index contributed by atoms with van der Waals surface area (Å²) < 4.78 is 24.5. The van der Waals surface area contributed by atoms with E-state index in [1.807, 2.05) is 18.2 Å². The zero-order valence-electron chi connectivity index (χ0n) is 9.91. The number of alkyl halides is 2. The second-order valence-electron chi connectivity index (χ2n) is 4.71. The van der Waals surface area contributed by atoms with Gasteiger partial charge < -0.3 is 5.32 Å². The zero-order valence-corrected chi connectivity index (χ0v) is 9.91. The SMILES string of the molecule is FC(F)CNC1CCCCC1c1ccccc1. The molecule has 1 fully saturated rings. The van der Waals surface area contributed by atoms with Gasteiger partial charge in [0.05, 0.1) is 6.54 Å². The summed E-state index contributed by atoms with van der Waals surface area (Å²) in [5, 5.41) is 3.02. The maximum atomic E-state index is 12.3. The summed E-state index contributed by atoms with van der Waals surface area (Å²) in [6.07, 6.45) is 2.20. The van der Waals surface area contributed by atoms with E-state index in [2.05, 4.69) is 17.4 Å². The Balaban J connectivity index is 2.02. The standard InChI is InChI=1S/C14H19F2N/c15-14(16)10-17-13-9-5-4-8-12(13)11-6-2-1-3-7-11/h1-3,6-7,12-14,17H,4-5,8-10H2. The average Bonchev–Trinajstić information content (AvgIpc) is 2.38. The maximum Gasteiger partial charge on any atom is 0.250 e. The fourth-order valence-corrected chi connectivity index (χ4v) is 2.71. The molecule has 1 aliphatic carbocycles. The lowest BCUT2D eigenvalue weighted by Crippen LogP contribution is -2.39. The number of halogens is 2. The molecule has 2 rings (SSSR count). The Morgan fingerprint density at radius 2 is 1.82 bits per heavy atom. The Hall–Kier alpha value is -0.960. The van der Waals surface area contributed by atoms with Gasteiger partial charge in [0.25, 0.3) is 6.43 Å². The van der Waals surface area contributed by atoms with Gasteiger partial charge in [-0.3, -0.25) is 0 Å². The smallest absolute Gasteiger partial charge is 0.250 e. The molecule has 1 N–H and O–H groups in total. The van der Waals surface area contributed by atoms with Gasteiger partial charge in [-0.25, -0.2) is 8.78 Å². The highest BCUT2D eigenvalue weighted by Crippen LogP contribution is 2.32. The van der Waals surface area contributed by atoms with Crippen molar-refractivity contribution in [3.8, 4) is 0 Å². The van der Waals surface area contributed by atoms with Gasteiger partial charge in [-0.1, -0.05) is 43.2 Å². The van der Waals surface area contributed by atoms with E-state index in [4.69, 9.17) is 0 Å². The van der Waals surface area contributed by atoms with Crippen LogP contribution in [0.5, 0.6) is 0 Å². The molecule has 0 spiro atoms. The van der Waals surface area contributed by atoms with Gasteiger partial charge in [0.1, 0.15) is 0 Å². The van der Waals surface area contributed by atoms with E-state index >= 15 is 0 Å². The van der Waals surface area contributed by atoms with Crippen molar-refractivity contribution in [2.24, 2.45) is 0 Å². The second kappa shape index (κ2) is 6.10. The molecule has 2 unspecified atom stereocenters. The Bertz CT molecular complexity index is 326. The minimum atomic E-state index is -2.26. The molecule has 0 aliphatic heterocycles. The van der Waals surface area contributed by atoms with Crippen LogP contribution in [0.2, 0.25) is 0 Å². The molecule has 1 aromatic carbocycles. The van der Waals surface area contributed by atoms with Crippen LogP contribution in [0.25, 0.3) is 0 Å². The molecular formula is C14H19F2N. The fourth-order valence-electron chi connectivity index (χ4n) is 2.71. The minimum Gasteiger partial charge on any atom is -0.308 e. The summed E-state index contributed by atoms with van der Waals surface area (Å²) in [5.74, 6) is 0.392.